The summed E-state index contributed by atoms with van der Waals surface area (Å²) in [7, 11) is 6.06. The summed E-state index contributed by atoms with van der Waals surface area (Å²) in [5.74, 6) is -3.92. The highest BCUT2D eigenvalue weighted by atomic mass is 16.6. The monoisotopic (exact) mass is 1220 g/mol. The summed E-state index contributed by atoms with van der Waals surface area (Å²) in [6.07, 6.45) is 6.02. The number of ether oxygens (including phenoxy) is 3. The number of amides is 9. The van der Waals surface area contributed by atoms with Gasteiger partial charge in [0.2, 0.25) is 47.3 Å². The van der Waals surface area contributed by atoms with Gasteiger partial charge in [-0.3, -0.25) is 43.3 Å². The maximum absolute atomic E-state index is 14.3. The largest absolute Gasteiger partial charge is 0.445 e. The van der Waals surface area contributed by atoms with Crippen LogP contribution in [0.1, 0.15) is 163 Å². The van der Waals surface area contributed by atoms with Gasteiger partial charge in [-0.15, -0.1) is 0 Å². The van der Waals surface area contributed by atoms with Crippen molar-refractivity contribution in [3.05, 3.63) is 65.7 Å². The molecule has 1 heterocycles. The number of benzene rings is 2. The number of aliphatic hydroxyl groups excluding tert-OH is 1. The summed E-state index contributed by atoms with van der Waals surface area (Å²) in [6, 6.07) is 12.2. The van der Waals surface area contributed by atoms with E-state index < -0.39 is 96.6 Å². The zero-order valence-corrected chi connectivity index (χ0v) is 54.0. The number of likely N-dealkylation sites (N-methyl/N-ethyl adjacent to an activating group) is 2. The second-order valence-electron chi connectivity index (χ2n) is 24.7. The zero-order valence-electron chi connectivity index (χ0n) is 54.0. The Morgan fingerprint density at radius 1 is 0.713 bits per heavy atom. The molecule has 4 rings (SSSR count). The first-order chi connectivity index (χ1) is 41.3. The normalized spacial score (nSPS) is 19.3. The SMILES string of the molecule is CC[C@H](C)[C@@H]([C@@H](CC(=O)N1CCC[C@H]1[C@H](OC)[C@@H](C)C(=O)N[C@H](C)[C@@H](O)c1ccccc1)OC)N(C)C(=O)CNC(=O)C(C(C)C)N(C)C(=O)OCc1ccc(NC(=O)CNC(=O)C(NC(=O)CCCC(=O)NC2CCCCCC(C)C2)C(C)C)cc1. The van der Waals surface area contributed by atoms with E-state index in [1.807, 2.05) is 32.0 Å². The second-order valence-corrected chi connectivity index (χ2v) is 24.7. The van der Waals surface area contributed by atoms with E-state index >= 15 is 0 Å². The molecule has 1 saturated heterocycles. The first kappa shape index (κ1) is 72.8. The third-order valence-electron chi connectivity index (χ3n) is 17.2. The number of carbonyl (C=O) groups is 9. The Morgan fingerprint density at radius 2 is 1.37 bits per heavy atom. The number of aliphatic hydroxyl groups is 1. The van der Waals surface area contributed by atoms with E-state index in [0.29, 0.717) is 55.0 Å². The molecule has 0 radical (unpaired) electrons. The summed E-state index contributed by atoms with van der Waals surface area (Å²) in [5.41, 5.74) is 1.67. The van der Waals surface area contributed by atoms with Crippen LogP contribution in [0.2, 0.25) is 0 Å². The molecule has 22 nitrogen and oxygen atoms in total. The van der Waals surface area contributed by atoms with Gasteiger partial charge in [0.1, 0.15) is 18.7 Å². The number of carbonyl (C=O) groups excluding carboxylic acids is 9. The molecule has 2 aromatic rings. The van der Waals surface area contributed by atoms with Crippen LogP contribution in [0.15, 0.2) is 54.6 Å². The Kier molecular flexibility index (Phi) is 30.6. The Bertz CT molecular complexity index is 2540. The summed E-state index contributed by atoms with van der Waals surface area (Å²) < 4.78 is 17.5. The maximum atomic E-state index is 14.3. The highest BCUT2D eigenvalue weighted by molar-refractivity contribution is 5.96. The molecule has 7 N–H and O–H groups in total. The van der Waals surface area contributed by atoms with Crippen LogP contribution in [-0.2, 0) is 59.2 Å². The van der Waals surface area contributed by atoms with Crippen molar-refractivity contribution >= 4 is 59.0 Å². The van der Waals surface area contributed by atoms with Crippen molar-refractivity contribution in [3.8, 4) is 0 Å². The van der Waals surface area contributed by atoms with E-state index in [9.17, 15) is 48.3 Å². The molecule has 0 aromatic heterocycles. The van der Waals surface area contributed by atoms with E-state index in [1.54, 1.807) is 89.9 Å². The minimum absolute atomic E-state index is 0.0670. The van der Waals surface area contributed by atoms with E-state index in [-0.39, 0.29) is 73.9 Å². The van der Waals surface area contributed by atoms with Crippen LogP contribution in [0.4, 0.5) is 10.5 Å². The molecule has 22 heteroatoms. The second kappa shape index (κ2) is 36.6. The lowest BCUT2D eigenvalue weighted by Crippen LogP contribution is -2.56. The molecule has 1 aliphatic heterocycles. The minimum atomic E-state index is -1.02. The molecule has 486 valence electrons. The van der Waals surface area contributed by atoms with Crippen LogP contribution in [0, 0.1) is 29.6 Å². The van der Waals surface area contributed by atoms with E-state index in [1.165, 1.54) is 50.3 Å². The van der Waals surface area contributed by atoms with Crippen LogP contribution < -0.4 is 31.9 Å². The maximum Gasteiger partial charge on any atom is 0.410 e. The predicted octanol–water partition coefficient (Wildman–Crippen LogP) is 6.40. The van der Waals surface area contributed by atoms with Gasteiger partial charge >= 0.3 is 6.09 Å². The van der Waals surface area contributed by atoms with Gasteiger partial charge in [0.15, 0.2) is 0 Å². The highest BCUT2D eigenvalue weighted by Gasteiger charge is 2.43. The van der Waals surface area contributed by atoms with Crippen molar-refractivity contribution in [2.24, 2.45) is 29.6 Å². The van der Waals surface area contributed by atoms with Crippen molar-refractivity contribution < 1.29 is 62.5 Å². The first-order valence-corrected chi connectivity index (χ1v) is 31.4. The predicted molar refractivity (Wildman–Crippen MR) is 332 cm³/mol. The Balaban J connectivity index is 1.24. The molecule has 12 atom stereocenters. The van der Waals surface area contributed by atoms with Crippen molar-refractivity contribution in [1.82, 2.24) is 41.3 Å². The Morgan fingerprint density at radius 3 is 2.00 bits per heavy atom. The topological polar surface area (TPSA) is 283 Å². The van der Waals surface area contributed by atoms with Gasteiger partial charge in [-0.05, 0) is 86.0 Å². The van der Waals surface area contributed by atoms with E-state index in [4.69, 9.17) is 14.2 Å². The molecule has 1 saturated carbocycles. The lowest BCUT2D eigenvalue weighted by molar-refractivity contribution is -0.146. The first-order valence-electron chi connectivity index (χ1n) is 31.4. The number of likely N-dealkylation sites (tertiary alicyclic amines) is 1. The molecule has 2 aliphatic rings. The van der Waals surface area contributed by atoms with E-state index in [2.05, 4.69) is 38.8 Å². The molecular formula is C65H103N9O13. The fraction of sp³-hybridized carbons (Fsp3) is 0.677. The number of hydrogen-bond donors (Lipinski definition) is 7. The van der Waals surface area contributed by atoms with Crippen molar-refractivity contribution in [2.75, 3.05) is 53.3 Å². The number of hydrogen-bond acceptors (Lipinski definition) is 13. The molecule has 0 spiro atoms. The van der Waals surface area contributed by atoms with E-state index in [0.717, 1.165) is 19.3 Å². The molecule has 2 fully saturated rings. The van der Waals surface area contributed by atoms with Gasteiger partial charge in [0, 0.05) is 59.4 Å². The number of nitrogens with one attached hydrogen (secondary N) is 6. The van der Waals surface area contributed by atoms with Crippen molar-refractivity contribution in [1.29, 1.82) is 0 Å². The molecule has 9 amide bonds. The lowest BCUT2D eigenvalue weighted by atomic mass is 9.89. The van der Waals surface area contributed by atoms with Crippen LogP contribution >= 0.6 is 0 Å². The van der Waals surface area contributed by atoms with Gasteiger partial charge in [-0.1, -0.05) is 130 Å². The average Bonchev–Trinajstić information content (AvgIpc) is 2.41. The third kappa shape index (κ3) is 22.8. The fourth-order valence-electron chi connectivity index (χ4n) is 11.9. The van der Waals surface area contributed by atoms with Gasteiger partial charge in [-0.25, -0.2) is 4.79 Å². The third-order valence-corrected chi connectivity index (χ3v) is 17.2. The van der Waals surface area contributed by atoms with Crippen LogP contribution in [0.5, 0.6) is 0 Å². The fourth-order valence-corrected chi connectivity index (χ4v) is 11.9. The number of rotatable bonds is 32. The van der Waals surface area contributed by atoms with Gasteiger partial charge in [0.05, 0.1) is 61.9 Å². The van der Waals surface area contributed by atoms with Crippen molar-refractivity contribution in [2.45, 2.75) is 207 Å². The molecule has 4 unspecified atom stereocenters. The quantitative estimate of drug-likeness (QED) is 0.0418. The van der Waals surface area contributed by atoms with Gasteiger partial charge in [-0.2, -0.15) is 0 Å². The Hall–Kier alpha value is -6.65. The standard InChI is InChI=1S/C65H103N9O13/c1-14-43(7)59(51(85-12)36-55(78)74-34-22-27-50(74)61(86-13)44(8)62(81)68-45(9)60(80)47-24-18-16-19-25-47)72(10)56(79)38-67-64(83)58(41(4)5)73(11)65(84)87-39-46-30-32-48(33-31-46)69-54(77)37-66-63(82)57(40(2)3)71-53(76)29-21-28-52(75)70-49-26-20-15-17-23-42(6)35-49/h16,18-19,24-25,30-33,40-45,49-51,57-61,80H,14-15,17,20-23,26-29,34-39H2,1-13H3,(H,66,82)(H,67,83)(H,68,81)(H,69,77)(H,70,75)(H,71,76)/t42?,43-,44+,45+,49?,50-,51+,57?,58?,59-,60+,61+/m0/s1. The minimum Gasteiger partial charge on any atom is -0.445 e. The van der Waals surface area contributed by atoms with Gasteiger partial charge < -0.3 is 61.0 Å². The number of methoxy groups -OCH3 is 2. The molecular weight excluding hydrogens is 1110 g/mol. The van der Waals surface area contributed by atoms with Crippen molar-refractivity contribution in [3.63, 3.8) is 0 Å². The van der Waals surface area contributed by atoms with Gasteiger partial charge in [0.25, 0.3) is 0 Å². The van der Waals surface area contributed by atoms with Crippen LogP contribution in [0.25, 0.3) is 0 Å². The molecule has 2 aromatic carbocycles. The molecule has 0 bridgehead atoms. The van der Waals surface area contributed by atoms with Crippen LogP contribution in [0.3, 0.4) is 0 Å². The molecule has 87 heavy (non-hydrogen) atoms. The highest BCUT2D eigenvalue weighted by Crippen LogP contribution is 2.30. The number of anilines is 1. The summed E-state index contributed by atoms with van der Waals surface area (Å²) in [4.78, 5) is 125. The van der Waals surface area contributed by atoms with Crippen LogP contribution in [-0.4, -0.2) is 170 Å². The smallest absolute Gasteiger partial charge is 0.410 e. The zero-order chi connectivity index (χ0) is 64.5. The number of nitrogens with zero attached hydrogens (tertiary/aromatic N) is 3. The average molecular weight is 1220 g/mol. The summed E-state index contributed by atoms with van der Waals surface area (Å²) in [6.45, 7) is 16.3. The lowest BCUT2D eigenvalue weighted by Gasteiger charge is -2.39. The summed E-state index contributed by atoms with van der Waals surface area (Å²) in [5, 5.41) is 27.8. The molecule has 1 aliphatic carbocycles. The Labute approximate surface area is 516 Å². The summed E-state index contributed by atoms with van der Waals surface area (Å²) >= 11 is 0.